The van der Waals surface area contributed by atoms with Crippen LogP contribution in [-0.4, -0.2) is 0 Å². The lowest BCUT2D eigenvalue weighted by atomic mass is 9.67. The van der Waals surface area contributed by atoms with Crippen LogP contribution in [-0.2, 0) is 0 Å². The van der Waals surface area contributed by atoms with Crippen molar-refractivity contribution in [1.29, 1.82) is 0 Å². The average Bonchev–Trinajstić information content (AvgIpc) is 1.86. The molecule has 0 heteroatoms. The Labute approximate surface area is 71.4 Å². The zero-order valence-corrected chi connectivity index (χ0v) is 8.48. The maximum atomic E-state index is 2.43. The fourth-order valence-corrected chi connectivity index (χ4v) is 2.60. The Morgan fingerprint density at radius 2 is 1.55 bits per heavy atom. The fourth-order valence-electron chi connectivity index (χ4n) is 2.60. The van der Waals surface area contributed by atoms with Crippen molar-refractivity contribution in [2.24, 2.45) is 17.3 Å². The predicted octanol–water partition coefficient (Wildman–Crippen LogP) is 3.86. The Morgan fingerprint density at radius 1 is 1.00 bits per heavy atom. The molecular formula is C11H22. The Kier molecular flexibility index (Phi) is 2.61. The third kappa shape index (κ3) is 2.21. The van der Waals surface area contributed by atoms with Gasteiger partial charge in [0.2, 0.25) is 0 Å². The standard InChI is InChI=1S/C11H22/c1-9-7-5-6-8-10(9)11(2,3)4/h9-10H,5-8H2,1-4H3/t9-,10+/m0/s1. The Morgan fingerprint density at radius 3 is 1.91 bits per heavy atom. The molecule has 0 amide bonds. The van der Waals surface area contributed by atoms with E-state index in [1.807, 2.05) is 0 Å². The van der Waals surface area contributed by atoms with Crippen molar-refractivity contribution in [3.05, 3.63) is 0 Å². The minimum atomic E-state index is 0.542. The maximum absolute atomic E-state index is 2.43. The molecule has 1 aliphatic carbocycles. The molecule has 0 saturated heterocycles. The summed E-state index contributed by atoms with van der Waals surface area (Å²) in [7, 11) is 0. The van der Waals surface area contributed by atoms with Gasteiger partial charge in [-0.05, 0) is 23.7 Å². The van der Waals surface area contributed by atoms with Crippen molar-refractivity contribution in [1.82, 2.24) is 0 Å². The molecule has 0 N–H and O–H groups in total. The van der Waals surface area contributed by atoms with E-state index in [0.717, 1.165) is 11.8 Å². The van der Waals surface area contributed by atoms with E-state index in [2.05, 4.69) is 27.7 Å². The number of rotatable bonds is 0. The van der Waals surface area contributed by atoms with Crippen LogP contribution in [0.3, 0.4) is 0 Å². The third-order valence-electron chi connectivity index (χ3n) is 3.22. The van der Waals surface area contributed by atoms with Gasteiger partial charge < -0.3 is 0 Å². The first-order chi connectivity index (χ1) is 5.02. The van der Waals surface area contributed by atoms with Crippen LogP contribution in [0.15, 0.2) is 0 Å². The maximum Gasteiger partial charge on any atom is -0.0340 e. The highest BCUT2D eigenvalue weighted by Gasteiger charge is 2.30. The van der Waals surface area contributed by atoms with Gasteiger partial charge in [0.1, 0.15) is 0 Å². The Hall–Kier alpha value is 0. The van der Waals surface area contributed by atoms with Gasteiger partial charge in [0, 0.05) is 0 Å². The minimum absolute atomic E-state index is 0.542. The van der Waals surface area contributed by atoms with Gasteiger partial charge in [-0.15, -0.1) is 0 Å². The van der Waals surface area contributed by atoms with E-state index in [0.29, 0.717) is 5.41 Å². The van der Waals surface area contributed by atoms with E-state index in [4.69, 9.17) is 0 Å². The molecule has 0 aromatic heterocycles. The Bertz CT molecular complexity index is 118. The Balaban J connectivity index is 2.55. The van der Waals surface area contributed by atoms with E-state index < -0.39 is 0 Å². The van der Waals surface area contributed by atoms with E-state index in [9.17, 15) is 0 Å². The molecule has 0 aromatic carbocycles. The first-order valence-electron chi connectivity index (χ1n) is 5.02. The minimum Gasteiger partial charge on any atom is -0.0622 e. The van der Waals surface area contributed by atoms with Gasteiger partial charge in [-0.2, -0.15) is 0 Å². The fraction of sp³-hybridized carbons (Fsp3) is 1.00. The lowest BCUT2D eigenvalue weighted by Crippen LogP contribution is -2.29. The lowest BCUT2D eigenvalue weighted by molar-refractivity contribution is 0.119. The van der Waals surface area contributed by atoms with Crippen LogP contribution in [0.2, 0.25) is 0 Å². The molecule has 1 rings (SSSR count). The smallest absolute Gasteiger partial charge is 0.0340 e. The van der Waals surface area contributed by atoms with E-state index in [1.165, 1.54) is 25.7 Å². The van der Waals surface area contributed by atoms with Crippen LogP contribution in [0.5, 0.6) is 0 Å². The molecule has 1 fully saturated rings. The number of hydrogen-bond acceptors (Lipinski definition) is 0. The van der Waals surface area contributed by atoms with E-state index in [-0.39, 0.29) is 0 Å². The summed E-state index contributed by atoms with van der Waals surface area (Å²) in [6, 6.07) is 0. The van der Waals surface area contributed by atoms with Crippen molar-refractivity contribution in [2.45, 2.75) is 53.4 Å². The molecular weight excluding hydrogens is 132 g/mol. The van der Waals surface area contributed by atoms with Crippen LogP contribution >= 0.6 is 0 Å². The molecule has 0 nitrogen and oxygen atoms in total. The highest BCUT2D eigenvalue weighted by atomic mass is 14.4. The average molecular weight is 154 g/mol. The summed E-state index contributed by atoms with van der Waals surface area (Å²) in [6.45, 7) is 9.59. The van der Waals surface area contributed by atoms with Gasteiger partial charge in [-0.25, -0.2) is 0 Å². The van der Waals surface area contributed by atoms with Gasteiger partial charge in [0.15, 0.2) is 0 Å². The molecule has 1 saturated carbocycles. The summed E-state index contributed by atoms with van der Waals surface area (Å²) in [5, 5.41) is 0. The highest BCUT2D eigenvalue weighted by Crippen LogP contribution is 2.41. The molecule has 0 aromatic rings. The molecule has 0 bridgehead atoms. The largest absolute Gasteiger partial charge is 0.0622 e. The second-order valence-electron chi connectivity index (χ2n) is 5.23. The van der Waals surface area contributed by atoms with Crippen molar-refractivity contribution < 1.29 is 0 Å². The van der Waals surface area contributed by atoms with Crippen molar-refractivity contribution in [2.75, 3.05) is 0 Å². The zero-order chi connectivity index (χ0) is 8.48. The second kappa shape index (κ2) is 3.16. The van der Waals surface area contributed by atoms with Crippen molar-refractivity contribution in [3.63, 3.8) is 0 Å². The first-order valence-corrected chi connectivity index (χ1v) is 5.02. The summed E-state index contributed by atoms with van der Waals surface area (Å²) in [5.74, 6) is 1.93. The molecule has 1 aliphatic rings. The van der Waals surface area contributed by atoms with Gasteiger partial charge in [0.25, 0.3) is 0 Å². The first kappa shape index (κ1) is 9.09. The van der Waals surface area contributed by atoms with Crippen LogP contribution in [0.25, 0.3) is 0 Å². The van der Waals surface area contributed by atoms with Gasteiger partial charge >= 0.3 is 0 Å². The van der Waals surface area contributed by atoms with Crippen LogP contribution in [0, 0.1) is 17.3 Å². The summed E-state index contributed by atoms with van der Waals surface area (Å²) in [4.78, 5) is 0. The van der Waals surface area contributed by atoms with E-state index >= 15 is 0 Å². The molecule has 11 heavy (non-hydrogen) atoms. The molecule has 0 radical (unpaired) electrons. The quantitative estimate of drug-likeness (QED) is 0.497. The second-order valence-corrected chi connectivity index (χ2v) is 5.23. The zero-order valence-electron chi connectivity index (χ0n) is 8.48. The molecule has 2 atom stereocenters. The van der Waals surface area contributed by atoms with Crippen LogP contribution < -0.4 is 0 Å². The molecule has 0 aliphatic heterocycles. The molecule has 0 spiro atoms. The normalized spacial score (nSPS) is 33.8. The monoisotopic (exact) mass is 154 g/mol. The van der Waals surface area contributed by atoms with Crippen LogP contribution in [0.1, 0.15) is 53.4 Å². The molecule has 0 heterocycles. The summed E-state index contributed by atoms with van der Waals surface area (Å²) in [6.07, 6.45) is 5.85. The van der Waals surface area contributed by atoms with Gasteiger partial charge in [-0.3, -0.25) is 0 Å². The molecule has 0 unspecified atom stereocenters. The summed E-state index contributed by atoms with van der Waals surface area (Å²) < 4.78 is 0. The van der Waals surface area contributed by atoms with Crippen molar-refractivity contribution >= 4 is 0 Å². The van der Waals surface area contributed by atoms with Gasteiger partial charge in [-0.1, -0.05) is 47.0 Å². The van der Waals surface area contributed by atoms with Crippen LogP contribution in [0.4, 0.5) is 0 Å². The van der Waals surface area contributed by atoms with Gasteiger partial charge in [0.05, 0.1) is 0 Å². The predicted molar refractivity (Wildman–Crippen MR) is 50.6 cm³/mol. The lowest BCUT2D eigenvalue weighted by Gasteiger charge is -2.38. The van der Waals surface area contributed by atoms with Crippen molar-refractivity contribution in [3.8, 4) is 0 Å². The SMILES string of the molecule is C[C@H]1CCCC[C@H]1C(C)(C)C. The molecule has 66 valence electrons. The topological polar surface area (TPSA) is 0 Å². The summed E-state index contributed by atoms with van der Waals surface area (Å²) >= 11 is 0. The van der Waals surface area contributed by atoms with E-state index in [1.54, 1.807) is 0 Å². The third-order valence-corrected chi connectivity index (χ3v) is 3.22. The number of hydrogen-bond donors (Lipinski definition) is 0. The summed E-state index contributed by atoms with van der Waals surface area (Å²) in [5.41, 5.74) is 0.542. The highest BCUT2D eigenvalue weighted by molar-refractivity contribution is 4.81.